The average Bonchev–Trinajstić information content (AvgIpc) is 1.25. The van der Waals surface area contributed by atoms with Crippen LogP contribution in [0.1, 0.15) is 227 Å². The molecule has 0 spiro atoms. The molecule has 6 aromatic heterocycles. The third-order valence-electron chi connectivity index (χ3n) is 18.1. The molecule has 6 aromatic rings. The maximum absolute atomic E-state index is 5.47. The molecule has 7 aliphatic rings. The Labute approximate surface area is 705 Å². The molecule has 6 fully saturated rings. The first-order valence-corrected chi connectivity index (χ1v) is 61.1. The molecule has 6 nitrogen and oxygen atoms in total. The van der Waals surface area contributed by atoms with Gasteiger partial charge in [0.25, 0.3) is 0 Å². The molecule has 6 aliphatic carbocycles. The Balaban J connectivity index is 0.000000575. The second-order valence-electron chi connectivity index (χ2n) is 35.6. The Kier molecular flexibility index (Phi) is 42.3. The number of aromatic nitrogens is 6. The van der Waals surface area contributed by atoms with E-state index in [2.05, 4.69) is 261 Å². The maximum atomic E-state index is 5.47. The van der Waals surface area contributed by atoms with Crippen LogP contribution in [0.5, 0.6) is 0 Å². The molecule has 0 N–H and O–H groups in total. The van der Waals surface area contributed by atoms with Gasteiger partial charge in [-0.15, -0.1) is 36.4 Å². The van der Waals surface area contributed by atoms with Crippen LogP contribution in [0.4, 0.5) is 0 Å². The Morgan fingerprint density at radius 2 is 0.248 bits per heavy atom. The quantitative estimate of drug-likeness (QED) is 0.122. The van der Waals surface area contributed by atoms with Gasteiger partial charge in [0.05, 0.1) is 34.2 Å². The second kappa shape index (κ2) is 47.0. The van der Waals surface area contributed by atoms with Crippen LogP contribution in [0, 0.1) is 34.2 Å². The van der Waals surface area contributed by atoms with E-state index in [1.165, 1.54) is 193 Å². The number of rotatable bonds is 6. The van der Waals surface area contributed by atoms with Crippen molar-refractivity contribution in [2.45, 2.75) is 310 Å². The maximum Gasteiger partial charge on any atom is 4.00 e. The summed E-state index contributed by atoms with van der Waals surface area (Å²) < 4.78 is 0. The molecule has 1 aliphatic heterocycles. The fourth-order valence-corrected chi connectivity index (χ4v) is 19.4. The molecule has 12 bridgehead atoms. The van der Waals surface area contributed by atoms with Gasteiger partial charge in [0, 0.05) is 0 Å². The zero-order chi connectivity index (χ0) is 73.8. The van der Waals surface area contributed by atoms with E-state index < -0.39 is 48.4 Å². The molecule has 13 rings (SSSR count). The molecule has 552 valence electrons. The van der Waals surface area contributed by atoms with Crippen molar-refractivity contribution in [2.24, 2.45) is 0 Å². The van der Waals surface area contributed by atoms with Crippen LogP contribution >= 0.6 is 0 Å². The Hall–Kier alpha value is -2.71. The first-order valence-electron chi connectivity index (χ1n) is 40.1. The Morgan fingerprint density at radius 3 is 0.333 bits per heavy atom. The number of hydrogen-bond acceptors (Lipinski definition) is 6. The van der Waals surface area contributed by atoms with E-state index in [-0.39, 0.29) is 78.6 Å². The van der Waals surface area contributed by atoms with Gasteiger partial charge < -0.3 is 29.9 Å². The number of pyridine rings is 6. The third kappa shape index (κ3) is 36.6. The SMILES string of the molecule is C1CCCC1.C1CCCC1.C1CCCC1.C1CCCC1.C1CCCC1.C1CCCC1.C[Si](C)(C)[C-]=C1C(=[C-][Si](C)(C)C)c2cccc(n2)-c2cccc(n2)C(=[C-][Si](C)(C)C)C(=[C-][Si](C)(C)C)c2cccc(n2)-c2cccc(n2)C(=[C-][Si](C)(C)C)C(=[C-][Si](C)(C)C)c2cccc(n2)-c2cccc1n2.[Zr+4].[Zr+4].[Zr+4]. The van der Waals surface area contributed by atoms with E-state index in [9.17, 15) is 0 Å². The molecular formula is C90H132N6Si6Zr3+6. The molecule has 0 radical (unpaired) electrons. The summed E-state index contributed by atoms with van der Waals surface area (Å²) in [6.07, 6.45) is 45.0. The van der Waals surface area contributed by atoms with E-state index in [1.54, 1.807) is 0 Å². The monoisotopic (exact) mass is 1730 g/mol. The number of nitrogens with zero attached hydrogens (tertiary/aromatic N) is 6. The van der Waals surface area contributed by atoms with Crippen molar-refractivity contribution in [1.29, 1.82) is 0 Å². The molecule has 0 atom stereocenters. The summed E-state index contributed by atoms with van der Waals surface area (Å²) >= 11 is 0. The van der Waals surface area contributed by atoms with Gasteiger partial charge in [0.1, 0.15) is 0 Å². The van der Waals surface area contributed by atoms with Crippen LogP contribution < -0.4 is 0 Å². The molecule has 15 heteroatoms. The summed E-state index contributed by atoms with van der Waals surface area (Å²) in [4.78, 5) is 32.8. The normalized spacial score (nSPS) is 19.0. The van der Waals surface area contributed by atoms with E-state index in [0.29, 0.717) is 0 Å². The number of fused-ring (bicyclic) bond motifs is 15. The average molecular weight is 1740 g/mol. The van der Waals surface area contributed by atoms with Gasteiger partial charge in [0.15, 0.2) is 0 Å². The topological polar surface area (TPSA) is 77.3 Å². The van der Waals surface area contributed by atoms with E-state index in [1.807, 2.05) is 0 Å². The standard InChI is InChI=1S/C60H72N6Si6.6C5H10.3Zr/c1-67(2,3)37-43-44(38-68(4,5)6)50-26-20-32-57(62-50)58-34-22-28-52(64-58)47(41-71(13,14)15)48(42-72(16,17)18)54-30-24-36-60(66-54)59-35-23-29-53(65-59)46(40-70(10,11)12)45(39-69(7,8)9)51-27-21-33-56(63-51)55-31-19-25-49(43)61-55;6*1-2-4-5-3-1;;;/h19-36H,1-18H3;6*1-5H2;;;/q-6;;;;;;;3*+4. The van der Waals surface area contributed by atoms with Crippen molar-refractivity contribution in [3.63, 3.8) is 0 Å². The molecule has 6 saturated carbocycles. The van der Waals surface area contributed by atoms with Crippen molar-refractivity contribution in [2.75, 3.05) is 0 Å². The van der Waals surface area contributed by atoms with E-state index in [4.69, 9.17) is 29.9 Å². The first-order chi connectivity index (χ1) is 48.4. The Morgan fingerprint density at radius 1 is 0.162 bits per heavy atom. The summed E-state index contributed by atoms with van der Waals surface area (Å²) in [5.41, 5.74) is 39.2. The van der Waals surface area contributed by atoms with Crippen molar-refractivity contribution < 1.29 is 78.6 Å². The van der Waals surface area contributed by atoms with E-state index >= 15 is 0 Å². The second-order valence-corrected chi connectivity index (χ2v) is 64.1. The summed E-state index contributed by atoms with van der Waals surface area (Å²) in [6, 6.07) is 37.5. The molecule has 0 aromatic carbocycles. The van der Waals surface area contributed by atoms with Crippen LogP contribution in [0.2, 0.25) is 118 Å². The molecular weight excluding hydrogens is 1610 g/mol. The predicted octanol–water partition coefficient (Wildman–Crippen LogP) is 27.6. The van der Waals surface area contributed by atoms with Crippen molar-refractivity contribution in [3.8, 4) is 34.2 Å². The van der Waals surface area contributed by atoms with Crippen LogP contribution in [-0.2, 0) is 78.6 Å². The smallest absolute Gasteiger partial charge is 0.324 e. The molecule has 0 saturated heterocycles. The number of allylic oxidation sites excluding steroid dienone is 6. The summed E-state index contributed by atoms with van der Waals surface area (Å²) in [5.74, 6) is 0. The van der Waals surface area contributed by atoms with Gasteiger partial charge >= 0.3 is 78.6 Å². The van der Waals surface area contributed by atoms with Gasteiger partial charge in [-0.05, 0) is 84.8 Å². The minimum atomic E-state index is -2.02. The zero-order valence-electron chi connectivity index (χ0n) is 68.8. The fraction of sp³-hybridized carbons (Fsp3) is 0.533. The summed E-state index contributed by atoms with van der Waals surface area (Å²) in [5, 5.41) is 0. The van der Waals surface area contributed by atoms with Gasteiger partial charge in [-0.3, -0.25) is 67.6 Å². The number of hydrogen-bond donors (Lipinski definition) is 0. The predicted molar refractivity (Wildman–Crippen MR) is 461 cm³/mol. The van der Waals surface area contributed by atoms with Crippen molar-refractivity contribution >= 4 is 81.9 Å². The fourth-order valence-electron chi connectivity index (χ4n) is 13.4. The zero-order valence-corrected chi connectivity index (χ0v) is 82.2. The summed E-state index contributed by atoms with van der Waals surface area (Å²) in [6.45, 7) is 41.7. The van der Waals surface area contributed by atoms with Crippen molar-refractivity contribution in [3.05, 3.63) is 178 Å². The van der Waals surface area contributed by atoms with Crippen molar-refractivity contribution in [1.82, 2.24) is 29.9 Å². The van der Waals surface area contributed by atoms with Crippen LogP contribution in [-0.4, -0.2) is 78.3 Å². The molecule has 0 unspecified atom stereocenters. The van der Waals surface area contributed by atoms with Crippen LogP contribution in [0.15, 0.2) is 109 Å². The van der Waals surface area contributed by atoms with Gasteiger partial charge in [-0.25, -0.2) is 0 Å². The minimum absolute atomic E-state index is 0. The molecule has 0 amide bonds. The molecule has 105 heavy (non-hydrogen) atoms. The minimum Gasteiger partial charge on any atom is -0.324 e. The van der Waals surface area contributed by atoms with E-state index in [0.717, 1.165) is 102 Å². The Bertz CT molecular complexity index is 3070. The van der Waals surface area contributed by atoms with Crippen LogP contribution in [0.25, 0.3) is 67.6 Å². The van der Waals surface area contributed by atoms with Crippen LogP contribution in [0.3, 0.4) is 0 Å². The van der Waals surface area contributed by atoms with Gasteiger partial charge in [-0.1, -0.05) is 381 Å². The largest absolute Gasteiger partial charge is 4.00 e. The first kappa shape index (κ1) is 94.7. The van der Waals surface area contributed by atoms with Gasteiger partial charge in [0.2, 0.25) is 0 Å². The van der Waals surface area contributed by atoms with Gasteiger partial charge in [-0.2, -0.15) is 0 Å². The third-order valence-corrected chi connectivity index (χ3v) is 24.1. The molecule has 7 heterocycles. The summed E-state index contributed by atoms with van der Waals surface area (Å²) in [7, 11) is -12.1.